The van der Waals surface area contributed by atoms with E-state index in [0.717, 1.165) is 16.8 Å². The number of methoxy groups -OCH3 is 1. The van der Waals surface area contributed by atoms with Crippen molar-refractivity contribution in [3.05, 3.63) is 30.9 Å². The number of para-hydroxylation sites is 1. The quantitative estimate of drug-likeness (QED) is 0.627. The number of nitrogens with zero attached hydrogens (tertiary/aromatic N) is 1. The van der Waals surface area contributed by atoms with Crippen molar-refractivity contribution < 1.29 is 19.1 Å². The SMILES string of the molecule is C=CCN(C(=O)OC(C)(C)C)c1c2cccc1-2.CCC(=O)OC. The Morgan fingerprint density at radius 2 is 1.83 bits per heavy atom. The van der Waals surface area contributed by atoms with Gasteiger partial charge in [0.2, 0.25) is 0 Å². The average Bonchev–Trinajstić information content (AvgIpc) is 2.93. The van der Waals surface area contributed by atoms with Crippen LogP contribution in [0.5, 0.6) is 0 Å². The predicted octanol–water partition coefficient (Wildman–Crippen LogP) is 4.16. The number of rotatable bonds is 4. The Balaban J connectivity index is 0.000000379. The van der Waals surface area contributed by atoms with Crippen molar-refractivity contribution in [3.8, 4) is 11.1 Å². The number of carbonyl (C=O) groups is 2. The third-order valence-corrected chi connectivity index (χ3v) is 2.98. The van der Waals surface area contributed by atoms with Crippen LogP contribution >= 0.6 is 0 Å². The third-order valence-electron chi connectivity index (χ3n) is 2.98. The zero-order chi connectivity index (χ0) is 17.6. The minimum Gasteiger partial charge on any atom is -0.469 e. The van der Waals surface area contributed by atoms with Crippen LogP contribution in [-0.4, -0.2) is 31.3 Å². The fraction of sp³-hybridized carbons (Fsp3) is 0.444. The molecule has 2 rings (SSSR count). The molecule has 0 saturated carbocycles. The number of benzene rings is 1. The van der Waals surface area contributed by atoms with Gasteiger partial charge in [-0.3, -0.25) is 9.69 Å². The highest BCUT2D eigenvalue weighted by Crippen LogP contribution is 2.51. The summed E-state index contributed by atoms with van der Waals surface area (Å²) in [5.41, 5.74) is 2.77. The van der Waals surface area contributed by atoms with Crippen molar-refractivity contribution in [1.29, 1.82) is 0 Å². The summed E-state index contributed by atoms with van der Waals surface area (Å²) < 4.78 is 9.63. The van der Waals surface area contributed by atoms with Crippen LogP contribution in [0.15, 0.2) is 30.9 Å². The molecule has 126 valence electrons. The van der Waals surface area contributed by atoms with Gasteiger partial charge in [-0.2, -0.15) is 0 Å². The van der Waals surface area contributed by atoms with Crippen molar-refractivity contribution in [2.75, 3.05) is 18.6 Å². The van der Waals surface area contributed by atoms with Gasteiger partial charge < -0.3 is 9.47 Å². The molecule has 0 fully saturated rings. The summed E-state index contributed by atoms with van der Waals surface area (Å²) in [4.78, 5) is 23.6. The third kappa shape index (κ3) is 5.43. The van der Waals surface area contributed by atoms with Gasteiger partial charge >= 0.3 is 12.1 Å². The Kier molecular flexibility index (Phi) is 6.37. The van der Waals surface area contributed by atoms with Crippen molar-refractivity contribution in [1.82, 2.24) is 0 Å². The lowest BCUT2D eigenvalue weighted by Gasteiger charge is -2.24. The number of esters is 1. The largest absolute Gasteiger partial charge is 0.469 e. The molecule has 2 aliphatic carbocycles. The van der Waals surface area contributed by atoms with Gasteiger partial charge in [-0.15, -0.1) is 6.58 Å². The molecular formula is C18H25NO4. The number of amides is 1. The lowest BCUT2D eigenvalue weighted by molar-refractivity contribution is -0.140. The second-order valence-electron chi connectivity index (χ2n) is 6.01. The van der Waals surface area contributed by atoms with E-state index >= 15 is 0 Å². The molecule has 23 heavy (non-hydrogen) atoms. The molecule has 0 atom stereocenters. The van der Waals surface area contributed by atoms with Crippen LogP contribution in [0, 0.1) is 0 Å². The van der Waals surface area contributed by atoms with E-state index in [-0.39, 0.29) is 12.1 Å². The summed E-state index contributed by atoms with van der Waals surface area (Å²) in [5, 5.41) is 0. The Bertz CT molecular complexity index is 561. The number of hydrogen-bond acceptors (Lipinski definition) is 4. The molecule has 0 N–H and O–H groups in total. The average molecular weight is 319 g/mol. The summed E-state index contributed by atoms with van der Waals surface area (Å²) in [6, 6.07) is 5.99. The van der Waals surface area contributed by atoms with Crippen molar-refractivity contribution in [2.24, 2.45) is 0 Å². The highest BCUT2D eigenvalue weighted by Gasteiger charge is 2.33. The van der Waals surface area contributed by atoms with Crippen LogP contribution in [-0.2, 0) is 14.3 Å². The first-order valence-electron chi connectivity index (χ1n) is 7.56. The highest BCUT2D eigenvalue weighted by atomic mass is 16.6. The number of fused-ring (bicyclic) bond motifs is 1. The maximum Gasteiger partial charge on any atom is 0.415 e. The molecule has 1 amide bonds. The fourth-order valence-electron chi connectivity index (χ4n) is 1.92. The van der Waals surface area contributed by atoms with E-state index in [2.05, 4.69) is 11.3 Å². The van der Waals surface area contributed by atoms with Gasteiger partial charge in [-0.05, 0) is 20.8 Å². The van der Waals surface area contributed by atoms with Crippen LogP contribution in [0.25, 0.3) is 11.1 Å². The molecule has 0 aromatic rings. The van der Waals surface area contributed by atoms with E-state index < -0.39 is 5.60 Å². The van der Waals surface area contributed by atoms with E-state index in [4.69, 9.17) is 4.74 Å². The maximum atomic E-state index is 12.0. The number of ether oxygens (including phenoxy) is 2. The normalized spacial score (nSPS) is 10.8. The Morgan fingerprint density at radius 1 is 1.26 bits per heavy atom. The molecule has 0 radical (unpaired) electrons. The van der Waals surface area contributed by atoms with Gasteiger partial charge in [-0.25, -0.2) is 4.79 Å². The molecule has 0 saturated heterocycles. The van der Waals surface area contributed by atoms with E-state index in [1.165, 1.54) is 7.11 Å². The molecule has 0 aromatic carbocycles. The van der Waals surface area contributed by atoms with Crippen molar-refractivity contribution in [3.63, 3.8) is 0 Å². The van der Waals surface area contributed by atoms with Crippen LogP contribution in [0.3, 0.4) is 0 Å². The summed E-state index contributed by atoms with van der Waals surface area (Å²) in [6.45, 7) is 11.5. The lowest BCUT2D eigenvalue weighted by atomic mass is 10.2. The molecule has 5 nitrogen and oxygen atoms in total. The summed E-state index contributed by atoms with van der Waals surface area (Å²) in [5.74, 6) is -0.157. The van der Waals surface area contributed by atoms with Gasteiger partial charge in [0, 0.05) is 24.1 Å². The number of anilines is 1. The van der Waals surface area contributed by atoms with Gasteiger partial charge in [-0.1, -0.05) is 31.2 Å². The molecular weight excluding hydrogens is 294 g/mol. The minimum atomic E-state index is -0.476. The Hall–Kier alpha value is -2.30. The van der Waals surface area contributed by atoms with Gasteiger partial charge in [0.05, 0.1) is 12.8 Å². The molecule has 0 heterocycles. The van der Waals surface area contributed by atoms with Crippen LogP contribution in [0.2, 0.25) is 0 Å². The first-order valence-corrected chi connectivity index (χ1v) is 7.56. The molecule has 0 aromatic heterocycles. The summed E-state index contributed by atoms with van der Waals surface area (Å²) >= 11 is 0. The van der Waals surface area contributed by atoms with Crippen molar-refractivity contribution >= 4 is 17.7 Å². The Labute approximate surface area is 137 Å². The van der Waals surface area contributed by atoms with E-state index in [1.54, 1.807) is 17.9 Å². The number of hydrogen-bond donors (Lipinski definition) is 0. The summed E-state index contributed by atoms with van der Waals surface area (Å²) in [7, 11) is 1.38. The second-order valence-corrected chi connectivity index (χ2v) is 6.01. The Morgan fingerprint density at radius 3 is 2.17 bits per heavy atom. The number of carbonyl (C=O) groups excluding carboxylic acids is 2. The van der Waals surface area contributed by atoms with E-state index in [9.17, 15) is 9.59 Å². The van der Waals surface area contributed by atoms with Gasteiger partial charge in [0.25, 0.3) is 0 Å². The zero-order valence-corrected chi connectivity index (χ0v) is 14.5. The van der Waals surface area contributed by atoms with Gasteiger partial charge in [0.15, 0.2) is 0 Å². The molecule has 0 bridgehead atoms. The monoisotopic (exact) mass is 319 g/mol. The fourth-order valence-corrected chi connectivity index (χ4v) is 1.92. The molecule has 0 unspecified atom stereocenters. The van der Waals surface area contributed by atoms with Crippen LogP contribution in [0.1, 0.15) is 34.1 Å². The predicted molar refractivity (Wildman–Crippen MR) is 91.5 cm³/mol. The van der Waals surface area contributed by atoms with Crippen LogP contribution < -0.4 is 4.90 Å². The van der Waals surface area contributed by atoms with Crippen LogP contribution in [0.4, 0.5) is 10.5 Å². The highest BCUT2D eigenvalue weighted by molar-refractivity contribution is 6.12. The standard InChI is InChI=1S/C14H17NO2.C4H8O2/c1-5-9-15(13(16)17-14(2,3)4)12-10-7-6-8-11(10)12;1-3-4(5)6-2/h5-8H,1,9H2,2-4H3;3H2,1-2H3. The first-order chi connectivity index (χ1) is 10.7. The molecule has 5 heteroatoms. The topological polar surface area (TPSA) is 55.8 Å². The van der Waals surface area contributed by atoms with E-state index in [0.29, 0.717) is 13.0 Å². The second kappa shape index (κ2) is 7.81. The minimum absolute atomic E-state index is 0.157. The van der Waals surface area contributed by atoms with Gasteiger partial charge in [0.1, 0.15) is 5.60 Å². The van der Waals surface area contributed by atoms with Crippen molar-refractivity contribution in [2.45, 2.75) is 39.7 Å². The molecule has 0 aliphatic heterocycles. The lowest BCUT2D eigenvalue weighted by Crippen LogP contribution is -2.35. The smallest absolute Gasteiger partial charge is 0.415 e. The van der Waals surface area contributed by atoms with E-state index in [1.807, 2.05) is 39.0 Å². The molecule has 0 spiro atoms. The maximum absolute atomic E-state index is 12.0. The molecule has 2 aliphatic rings. The summed E-state index contributed by atoms with van der Waals surface area (Å²) in [6.07, 6.45) is 1.86. The first kappa shape index (κ1) is 18.7. The zero-order valence-electron chi connectivity index (χ0n) is 14.5.